The van der Waals surface area contributed by atoms with E-state index < -0.39 is 10.0 Å². The number of hydrogen-bond acceptors (Lipinski definition) is 4. The van der Waals surface area contributed by atoms with Gasteiger partial charge in [-0.1, -0.05) is 18.2 Å². The molecule has 0 amide bonds. The largest absolute Gasteiger partial charge is 0.481 e. The van der Waals surface area contributed by atoms with Gasteiger partial charge < -0.3 is 4.74 Å². The summed E-state index contributed by atoms with van der Waals surface area (Å²) in [5.74, 6) is 0.359. The summed E-state index contributed by atoms with van der Waals surface area (Å²) in [6.45, 7) is 0. The van der Waals surface area contributed by atoms with Crippen LogP contribution in [-0.4, -0.2) is 24.5 Å². The van der Waals surface area contributed by atoms with Gasteiger partial charge in [0.05, 0.1) is 12.0 Å². The molecule has 3 rings (SSSR count). The molecule has 5 nitrogen and oxygen atoms in total. The van der Waals surface area contributed by atoms with E-state index >= 15 is 0 Å². The second kappa shape index (κ2) is 5.16. The summed E-state index contributed by atoms with van der Waals surface area (Å²) in [4.78, 5) is 4.44. The zero-order valence-corrected chi connectivity index (χ0v) is 13.4. The van der Waals surface area contributed by atoms with Crippen molar-refractivity contribution < 1.29 is 13.2 Å². The molecular formula is C14H11BrN2O3S. The Labute approximate surface area is 130 Å². The number of ether oxygens (including phenoxy) is 1. The fourth-order valence-corrected chi connectivity index (χ4v) is 4.40. The molecule has 108 valence electrons. The Morgan fingerprint density at radius 3 is 2.52 bits per heavy atom. The van der Waals surface area contributed by atoms with Crippen LogP contribution in [0, 0.1) is 0 Å². The van der Waals surface area contributed by atoms with Crippen molar-refractivity contribution in [3.63, 3.8) is 0 Å². The van der Waals surface area contributed by atoms with Gasteiger partial charge in [-0.25, -0.2) is 12.4 Å². The number of nitrogens with zero attached hydrogens (tertiary/aromatic N) is 2. The molecule has 0 spiro atoms. The minimum atomic E-state index is -3.73. The van der Waals surface area contributed by atoms with Crippen molar-refractivity contribution in [2.24, 2.45) is 0 Å². The smallest absolute Gasteiger partial charge is 0.270 e. The number of halogens is 1. The molecule has 0 fully saturated rings. The Morgan fingerprint density at radius 2 is 1.86 bits per heavy atom. The molecule has 0 saturated heterocycles. The number of rotatable bonds is 3. The van der Waals surface area contributed by atoms with E-state index in [0.29, 0.717) is 21.5 Å². The van der Waals surface area contributed by atoms with E-state index in [9.17, 15) is 8.42 Å². The van der Waals surface area contributed by atoms with Crippen molar-refractivity contribution in [3.8, 4) is 5.88 Å². The van der Waals surface area contributed by atoms with Crippen LogP contribution in [0.5, 0.6) is 5.88 Å². The number of fused-ring (bicyclic) bond motifs is 1. The first-order valence-corrected chi connectivity index (χ1v) is 8.30. The summed E-state index contributed by atoms with van der Waals surface area (Å²) in [5, 5.41) is 0.710. The maximum absolute atomic E-state index is 12.8. The van der Waals surface area contributed by atoms with Crippen LogP contribution in [0.1, 0.15) is 0 Å². The van der Waals surface area contributed by atoms with E-state index in [-0.39, 0.29) is 4.90 Å². The van der Waals surface area contributed by atoms with Gasteiger partial charge >= 0.3 is 0 Å². The first kappa shape index (κ1) is 14.1. The van der Waals surface area contributed by atoms with Gasteiger partial charge in [-0.3, -0.25) is 0 Å². The lowest BCUT2D eigenvalue weighted by Crippen LogP contribution is -2.13. The Morgan fingerprint density at radius 1 is 1.14 bits per heavy atom. The second-order valence-corrected chi connectivity index (χ2v) is 6.92. The van der Waals surface area contributed by atoms with E-state index in [1.54, 1.807) is 48.5 Å². The molecule has 0 saturated carbocycles. The predicted molar refractivity (Wildman–Crippen MR) is 83.0 cm³/mol. The lowest BCUT2D eigenvalue weighted by Gasteiger charge is -2.08. The molecule has 7 heteroatoms. The van der Waals surface area contributed by atoms with Gasteiger partial charge in [0.2, 0.25) is 5.88 Å². The highest BCUT2D eigenvalue weighted by Crippen LogP contribution is 2.29. The normalized spacial score (nSPS) is 11.7. The van der Waals surface area contributed by atoms with E-state index in [2.05, 4.69) is 20.9 Å². The fraction of sp³-hybridized carbons (Fsp3) is 0.0714. The minimum absolute atomic E-state index is 0.202. The second-order valence-electron chi connectivity index (χ2n) is 4.32. The third-order valence-electron chi connectivity index (χ3n) is 3.03. The maximum Gasteiger partial charge on any atom is 0.270 e. The van der Waals surface area contributed by atoms with Gasteiger partial charge in [-0.15, -0.1) is 0 Å². The summed E-state index contributed by atoms with van der Waals surface area (Å²) >= 11 is 3.29. The highest BCUT2D eigenvalue weighted by atomic mass is 79.9. The van der Waals surface area contributed by atoms with Crippen LogP contribution in [0.25, 0.3) is 11.0 Å². The summed E-state index contributed by atoms with van der Waals surface area (Å²) in [6, 6.07) is 13.4. The molecule has 2 heterocycles. The molecule has 1 aromatic carbocycles. The van der Waals surface area contributed by atoms with Crippen LogP contribution in [0.4, 0.5) is 0 Å². The van der Waals surface area contributed by atoms with E-state index in [1.807, 2.05) is 0 Å². The maximum atomic E-state index is 12.8. The van der Waals surface area contributed by atoms with Crippen molar-refractivity contribution in [1.29, 1.82) is 0 Å². The molecule has 0 bridgehead atoms. The number of aromatic nitrogens is 2. The Bertz CT molecular complexity index is 905. The lowest BCUT2D eigenvalue weighted by molar-refractivity contribution is 0.399. The van der Waals surface area contributed by atoms with Crippen LogP contribution in [0.15, 0.2) is 58.0 Å². The van der Waals surface area contributed by atoms with Gasteiger partial charge in [0.15, 0.2) is 5.65 Å². The van der Waals surface area contributed by atoms with E-state index in [0.717, 1.165) is 0 Å². The van der Waals surface area contributed by atoms with Gasteiger partial charge in [0, 0.05) is 11.5 Å². The fourth-order valence-electron chi connectivity index (χ4n) is 2.05. The molecule has 3 aromatic rings. The third kappa shape index (κ3) is 2.32. The van der Waals surface area contributed by atoms with Crippen molar-refractivity contribution in [3.05, 3.63) is 53.1 Å². The molecule has 2 aromatic heterocycles. The van der Waals surface area contributed by atoms with Crippen LogP contribution in [0.3, 0.4) is 0 Å². The summed E-state index contributed by atoms with van der Waals surface area (Å²) in [7, 11) is -2.24. The SMILES string of the molecule is COc1ccc2cc(Br)n(S(=O)(=O)c3ccccc3)c2n1. The molecule has 21 heavy (non-hydrogen) atoms. The molecule has 0 atom stereocenters. The van der Waals surface area contributed by atoms with Crippen molar-refractivity contribution in [2.75, 3.05) is 7.11 Å². The molecule has 0 aliphatic rings. The number of methoxy groups -OCH3 is 1. The Kier molecular flexibility index (Phi) is 3.46. The molecule has 0 unspecified atom stereocenters. The highest BCUT2D eigenvalue weighted by Gasteiger charge is 2.23. The lowest BCUT2D eigenvalue weighted by atomic mass is 10.3. The first-order chi connectivity index (χ1) is 10.0. The van der Waals surface area contributed by atoms with Gasteiger partial charge in [0.1, 0.15) is 4.60 Å². The predicted octanol–water partition coefficient (Wildman–Crippen LogP) is 3.04. The molecule has 0 radical (unpaired) electrons. The molecule has 0 N–H and O–H groups in total. The molecule has 0 aliphatic carbocycles. The van der Waals surface area contributed by atoms with Crippen LogP contribution in [-0.2, 0) is 10.0 Å². The number of pyridine rings is 1. The zero-order valence-electron chi connectivity index (χ0n) is 11.0. The quantitative estimate of drug-likeness (QED) is 0.714. The van der Waals surface area contributed by atoms with Crippen LogP contribution in [0.2, 0.25) is 0 Å². The highest BCUT2D eigenvalue weighted by molar-refractivity contribution is 9.10. The molecule has 0 aliphatic heterocycles. The van der Waals surface area contributed by atoms with Crippen molar-refractivity contribution in [2.45, 2.75) is 4.90 Å². The standard InChI is InChI=1S/C14H11BrN2O3S/c1-20-13-8-7-10-9-12(15)17(14(10)16-13)21(18,19)11-5-3-2-4-6-11/h2-9H,1H3. The summed E-state index contributed by atoms with van der Waals surface area (Å²) in [6.07, 6.45) is 0. The van der Waals surface area contributed by atoms with Gasteiger partial charge in [-0.2, -0.15) is 4.98 Å². The Balaban J connectivity index is 2.32. The summed E-state index contributed by atoms with van der Waals surface area (Å²) < 4.78 is 32.2. The average Bonchev–Trinajstić information content (AvgIpc) is 2.83. The van der Waals surface area contributed by atoms with Gasteiger partial charge in [-0.05, 0) is 40.2 Å². The van der Waals surface area contributed by atoms with Crippen LogP contribution < -0.4 is 4.74 Å². The minimum Gasteiger partial charge on any atom is -0.481 e. The average molecular weight is 367 g/mol. The van der Waals surface area contributed by atoms with Crippen LogP contribution >= 0.6 is 15.9 Å². The third-order valence-corrected chi connectivity index (χ3v) is 5.57. The van der Waals surface area contributed by atoms with Gasteiger partial charge in [0.25, 0.3) is 10.0 Å². The number of benzene rings is 1. The van der Waals surface area contributed by atoms with E-state index in [1.165, 1.54) is 11.1 Å². The zero-order chi connectivity index (χ0) is 15.0. The number of hydrogen-bond donors (Lipinski definition) is 0. The van der Waals surface area contributed by atoms with E-state index in [4.69, 9.17) is 4.74 Å². The summed E-state index contributed by atoms with van der Waals surface area (Å²) in [5.41, 5.74) is 0.324. The molecular weight excluding hydrogens is 356 g/mol. The Hall–Kier alpha value is -1.86. The van der Waals surface area contributed by atoms with Crippen molar-refractivity contribution >= 4 is 37.0 Å². The topological polar surface area (TPSA) is 61.2 Å². The monoisotopic (exact) mass is 366 g/mol. The first-order valence-electron chi connectivity index (χ1n) is 6.06. The van der Waals surface area contributed by atoms with Crippen molar-refractivity contribution in [1.82, 2.24) is 8.96 Å².